The summed E-state index contributed by atoms with van der Waals surface area (Å²) in [6, 6.07) is 2.38. The molecule has 3 aromatic rings. The van der Waals surface area contributed by atoms with Crippen molar-refractivity contribution in [1.82, 2.24) is 19.5 Å². The molecule has 0 unspecified atom stereocenters. The number of hydrogen-bond donors (Lipinski definition) is 9. The van der Waals surface area contributed by atoms with E-state index in [1.165, 1.54) is 23.2 Å². The maximum Gasteiger partial charge on any atom is 0.469 e. The van der Waals surface area contributed by atoms with Crippen molar-refractivity contribution >= 4 is 30.9 Å². The van der Waals surface area contributed by atoms with Gasteiger partial charge in [0.1, 0.15) is 24.4 Å². The number of phosphoric acid groups is 1. The molecule has 0 amide bonds. The number of H-pyrrole nitrogens is 1. The minimum atomic E-state index is -4.76. The Hall–Kier alpha value is -3.35. The van der Waals surface area contributed by atoms with Crippen molar-refractivity contribution in [2.75, 3.05) is 12.3 Å². The molecule has 38 heavy (non-hydrogen) atoms. The molecule has 1 aliphatic rings. The van der Waals surface area contributed by atoms with Gasteiger partial charge in [-0.2, -0.15) is 4.98 Å². The second-order valence-electron chi connectivity index (χ2n) is 8.17. The van der Waals surface area contributed by atoms with Crippen LogP contribution in [-0.2, 0) is 18.6 Å². The number of nitrogens with two attached hydrogens (primary N) is 2. The molecule has 0 aliphatic carbocycles. The molecule has 1 fully saturated rings. The summed E-state index contributed by atoms with van der Waals surface area (Å²) in [4.78, 5) is 49.2. The molecule has 5 atom stereocenters. The number of carboxylic acid groups (broad SMARTS) is 1. The quantitative estimate of drug-likeness (QED) is 0.153. The third-order valence-electron chi connectivity index (χ3n) is 4.98. The molecule has 212 valence electrons. The summed E-state index contributed by atoms with van der Waals surface area (Å²) < 4.78 is 26.0. The Balaban J connectivity index is 0.000000296. The minimum Gasteiger partial charge on any atom is -0.481 e. The Morgan fingerprint density at radius 1 is 1.32 bits per heavy atom. The predicted molar refractivity (Wildman–Crippen MR) is 127 cm³/mol. The number of rotatable bonds is 6. The number of furan rings is 1. The van der Waals surface area contributed by atoms with Gasteiger partial charge in [0.2, 0.25) is 5.95 Å². The Morgan fingerprint density at radius 3 is 2.42 bits per heavy atom. The van der Waals surface area contributed by atoms with Crippen molar-refractivity contribution in [2.45, 2.75) is 44.4 Å². The van der Waals surface area contributed by atoms with Crippen LogP contribution in [0.3, 0.4) is 0 Å². The highest BCUT2D eigenvalue weighted by molar-refractivity contribution is 7.46. The number of carbonyl (C=O) groups is 1. The SMILES string of the molecule is CC(C)[C@H](N)C(=O)O.Nc1nc2c(ncn2[C@@H]2O[C@H](COP(=O)(O)O)[C@@H](O)[C@H]2O)c(=O)[nH]1.Oc1ccco1. The third-order valence-corrected chi connectivity index (χ3v) is 5.46. The first kappa shape index (κ1) is 30.9. The van der Waals surface area contributed by atoms with E-state index in [9.17, 15) is 24.4 Å². The largest absolute Gasteiger partial charge is 0.481 e. The highest BCUT2D eigenvalue weighted by atomic mass is 31.2. The number of aromatic nitrogens is 4. The zero-order chi connectivity index (χ0) is 28.8. The molecule has 0 saturated carbocycles. The van der Waals surface area contributed by atoms with Gasteiger partial charge in [-0.1, -0.05) is 13.8 Å². The highest BCUT2D eigenvalue weighted by Crippen LogP contribution is 2.38. The van der Waals surface area contributed by atoms with Crippen LogP contribution in [0.25, 0.3) is 11.2 Å². The van der Waals surface area contributed by atoms with Crippen LogP contribution in [0.2, 0.25) is 0 Å². The smallest absolute Gasteiger partial charge is 0.469 e. The van der Waals surface area contributed by atoms with Gasteiger partial charge in [-0.15, -0.1) is 0 Å². The summed E-state index contributed by atoms with van der Waals surface area (Å²) in [5.41, 5.74) is 10.0. The van der Waals surface area contributed by atoms with Gasteiger partial charge in [-0.25, -0.2) is 9.55 Å². The number of phosphoric ester groups is 1. The number of hydrogen-bond acceptors (Lipinski definition) is 13. The fourth-order valence-corrected chi connectivity index (χ4v) is 3.29. The summed E-state index contributed by atoms with van der Waals surface area (Å²) >= 11 is 0. The van der Waals surface area contributed by atoms with Crippen LogP contribution >= 0.6 is 7.82 Å². The lowest BCUT2D eigenvalue weighted by Crippen LogP contribution is -2.34. The molecule has 1 aliphatic heterocycles. The number of aromatic hydroxyl groups is 1. The van der Waals surface area contributed by atoms with Crippen LogP contribution in [0.4, 0.5) is 5.95 Å². The molecular formula is C19H29N6O12P. The maximum atomic E-state index is 11.7. The topological polar surface area (TPSA) is 303 Å². The minimum absolute atomic E-state index is 0.0176. The highest BCUT2D eigenvalue weighted by Gasteiger charge is 2.45. The maximum absolute atomic E-state index is 11.7. The van der Waals surface area contributed by atoms with Gasteiger partial charge in [-0.3, -0.25) is 23.7 Å². The number of aliphatic hydroxyl groups is 2. The number of nitrogens with one attached hydrogen (secondary N) is 1. The number of nitrogen functional groups attached to an aromatic ring is 1. The number of imidazole rings is 1. The first-order chi connectivity index (χ1) is 17.6. The summed E-state index contributed by atoms with van der Waals surface area (Å²) in [7, 11) is -4.76. The van der Waals surface area contributed by atoms with E-state index in [0.29, 0.717) is 0 Å². The molecule has 1 saturated heterocycles. The van der Waals surface area contributed by atoms with Crippen molar-refractivity contribution < 1.29 is 53.3 Å². The van der Waals surface area contributed by atoms with Crippen molar-refractivity contribution in [1.29, 1.82) is 0 Å². The Morgan fingerprint density at radius 2 is 1.97 bits per heavy atom. The van der Waals surface area contributed by atoms with Crippen LogP contribution in [-0.4, -0.2) is 86.7 Å². The lowest BCUT2D eigenvalue weighted by atomic mass is 10.1. The fraction of sp³-hybridized carbons (Fsp3) is 0.474. The molecule has 18 nitrogen and oxygen atoms in total. The molecular weight excluding hydrogens is 535 g/mol. The first-order valence-corrected chi connectivity index (χ1v) is 12.3. The lowest BCUT2D eigenvalue weighted by Gasteiger charge is -2.16. The lowest BCUT2D eigenvalue weighted by molar-refractivity contribution is -0.139. The zero-order valence-corrected chi connectivity index (χ0v) is 21.0. The molecule has 4 heterocycles. The van der Waals surface area contributed by atoms with Gasteiger partial charge in [0.15, 0.2) is 17.4 Å². The van der Waals surface area contributed by atoms with Gasteiger partial charge >= 0.3 is 13.8 Å². The van der Waals surface area contributed by atoms with Gasteiger partial charge < -0.3 is 50.8 Å². The zero-order valence-electron chi connectivity index (χ0n) is 20.1. The van der Waals surface area contributed by atoms with E-state index in [2.05, 4.69) is 23.9 Å². The van der Waals surface area contributed by atoms with Crippen molar-refractivity contribution in [3.05, 3.63) is 35.1 Å². The second kappa shape index (κ2) is 12.9. The van der Waals surface area contributed by atoms with E-state index >= 15 is 0 Å². The van der Waals surface area contributed by atoms with Crippen molar-refractivity contribution in [2.24, 2.45) is 11.7 Å². The number of ether oxygens (including phenoxy) is 1. The molecule has 11 N–H and O–H groups in total. The van der Waals surface area contributed by atoms with Crippen LogP contribution in [0.1, 0.15) is 20.1 Å². The Bertz CT molecular complexity index is 1290. The van der Waals surface area contributed by atoms with Crippen LogP contribution in [0.15, 0.2) is 33.9 Å². The molecule has 0 radical (unpaired) electrons. The Kier molecular flexibility index (Phi) is 10.5. The van der Waals surface area contributed by atoms with E-state index in [1.807, 2.05) is 0 Å². The summed E-state index contributed by atoms with van der Waals surface area (Å²) in [6.45, 7) is 2.90. The van der Waals surface area contributed by atoms with Crippen LogP contribution in [0.5, 0.6) is 5.95 Å². The van der Waals surface area contributed by atoms with Gasteiger partial charge in [-0.05, 0) is 12.0 Å². The van der Waals surface area contributed by atoms with E-state index in [4.69, 9.17) is 36.2 Å². The predicted octanol–water partition coefficient (Wildman–Crippen LogP) is -1.53. The monoisotopic (exact) mass is 564 g/mol. The fourth-order valence-electron chi connectivity index (χ4n) is 2.95. The molecule has 3 aromatic heterocycles. The second-order valence-corrected chi connectivity index (χ2v) is 9.41. The van der Waals surface area contributed by atoms with E-state index in [1.54, 1.807) is 19.9 Å². The number of carboxylic acids is 1. The van der Waals surface area contributed by atoms with E-state index in [0.717, 1.165) is 0 Å². The van der Waals surface area contributed by atoms with Gasteiger partial charge in [0.05, 0.1) is 19.2 Å². The van der Waals surface area contributed by atoms with Gasteiger partial charge in [0.25, 0.3) is 11.5 Å². The number of fused-ring (bicyclic) bond motifs is 1. The molecule has 4 rings (SSSR count). The average Bonchev–Trinajstić information content (AvgIpc) is 3.53. The van der Waals surface area contributed by atoms with Crippen LogP contribution in [0, 0.1) is 5.92 Å². The molecule has 0 bridgehead atoms. The average molecular weight is 564 g/mol. The first-order valence-electron chi connectivity index (χ1n) is 10.8. The van der Waals surface area contributed by atoms with E-state index in [-0.39, 0.29) is 29.0 Å². The number of anilines is 1. The number of aliphatic carboxylic acids is 1. The van der Waals surface area contributed by atoms with E-state index < -0.39 is 56.5 Å². The van der Waals surface area contributed by atoms with Gasteiger partial charge in [0, 0.05) is 6.07 Å². The molecule has 0 aromatic carbocycles. The molecule has 19 heteroatoms. The van der Waals surface area contributed by atoms with Crippen molar-refractivity contribution in [3.8, 4) is 5.95 Å². The normalized spacial score (nSPS) is 21.9. The number of aliphatic hydroxyl groups excluding tert-OH is 2. The Labute approximate surface area is 213 Å². The summed E-state index contributed by atoms with van der Waals surface area (Å²) in [5.74, 6) is -1.12. The number of aromatic amines is 1. The number of nitrogens with zero attached hydrogens (tertiary/aromatic N) is 3. The standard InChI is InChI=1S/C10H14N5O8P.C5H11NO2.C4H4O2/c11-10-13-7-4(8(18)14-10)12-2-15(7)9-6(17)5(16)3(23-9)1-22-24(19,20)21;1-3(2)4(6)5(7)8;5-4-2-1-3-6-4/h2-3,5-6,9,16-17H,1H2,(H2,19,20,21)(H3,11,13,14,18);3-4H,6H2,1-2H3,(H,7,8);1-3,5H/t3-,5-,6-,9-;4-;/m10./s1. The van der Waals surface area contributed by atoms with Crippen molar-refractivity contribution in [3.63, 3.8) is 0 Å². The van der Waals surface area contributed by atoms with Crippen LogP contribution < -0.4 is 17.0 Å². The summed E-state index contributed by atoms with van der Waals surface area (Å²) in [6.07, 6.45) is -2.80. The molecule has 0 spiro atoms. The summed E-state index contributed by atoms with van der Waals surface area (Å²) in [5, 5.41) is 36.6. The third kappa shape index (κ3) is 8.33.